The summed E-state index contributed by atoms with van der Waals surface area (Å²) in [5.41, 5.74) is 9.28. The lowest BCUT2D eigenvalue weighted by atomic mass is 9.83. The Labute approximate surface area is 337 Å². The van der Waals surface area contributed by atoms with Crippen LogP contribution in [0.1, 0.15) is 0 Å². The summed E-state index contributed by atoms with van der Waals surface area (Å²) in [6, 6.07) is 71.4. The van der Waals surface area contributed by atoms with E-state index in [-0.39, 0.29) is 0 Å². The Morgan fingerprint density at radius 3 is 1.48 bits per heavy atom. The highest BCUT2D eigenvalue weighted by Gasteiger charge is 2.21. The summed E-state index contributed by atoms with van der Waals surface area (Å²) in [6.07, 6.45) is 0. The lowest BCUT2D eigenvalue weighted by Gasteiger charge is -2.20. The quantitative estimate of drug-likeness (QED) is 0.164. The second-order valence-electron chi connectivity index (χ2n) is 15.5. The van der Waals surface area contributed by atoms with E-state index in [0.29, 0.717) is 0 Å². The molecule has 268 valence electrons. The predicted molar refractivity (Wildman–Crippen MR) is 250 cm³/mol. The van der Waals surface area contributed by atoms with Crippen molar-refractivity contribution < 1.29 is 4.42 Å². The second-order valence-corrected chi connectivity index (χ2v) is 16.5. The van der Waals surface area contributed by atoms with Crippen LogP contribution in [-0.2, 0) is 0 Å². The fraction of sp³-hybridized carbons (Fsp3) is 0. The number of hydrogen-bond donors (Lipinski definition) is 0. The summed E-state index contributed by atoms with van der Waals surface area (Å²) >= 11 is 1.85. The summed E-state index contributed by atoms with van der Waals surface area (Å²) in [5, 5.41) is 17.4. The Morgan fingerprint density at radius 1 is 0.293 bits per heavy atom. The molecule has 0 saturated heterocycles. The summed E-state index contributed by atoms with van der Waals surface area (Å²) in [7, 11) is 0. The molecule has 2 heterocycles. The molecule has 2 heteroatoms. The topological polar surface area (TPSA) is 13.1 Å². The molecule has 0 aliphatic heterocycles. The maximum Gasteiger partial charge on any atom is 0.153 e. The molecule has 0 N–H and O–H groups in total. The van der Waals surface area contributed by atoms with Crippen molar-refractivity contribution in [3.05, 3.63) is 194 Å². The van der Waals surface area contributed by atoms with Crippen molar-refractivity contribution in [3.8, 4) is 33.4 Å². The number of hydrogen-bond acceptors (Lipinski definition) is 2. The minimum Gasteiger partial charge on any atom is -0.455 e. The molecular formula is C56H32OS. The van der Waals surface area contributed by atoms with Gasteiger partial charge in [0, 0.05) is 26.2 Å². The zero-order valence-electron chi connectivity index (χ0n) is 31.3. The van der Waals surface area contributed by atoms with Gasteiger partial charge in [0.15, 0.2) is 5.58 Å². The van der Waals surface area contributed by atoms with Gasteiger partial charge in [-0.1, -0.05) is 176 Å². The van der Waals surface area contributed by atoms with E-state index in [1.807, 2.05) is 11.3 Å². The van der Waals surface area contributed by atoms with Crippen LogP contribution in [-0.4, -0.2) is 0 Å². The Balaban J connectivity index is 1.02. The SMILES string of the molecule is c1ccc2c(-c3c4ccccc4c(-c4ccc(-c5ccc6c(c5)oc5c6ccc6c7ccc8ccccc8c7sc65)c5ccccc45)c4ccccc34)cccc2c1. The maximum absolute atomic E-state index is 6.86. The minimum atomic E-state index is 0.913. The molecule has 0 atom stereocenters. The molecular weight excluding hydrogens is 721 g/mol. The highest BCUT2D eigenvalue weighted by atomic mass is 32.1. The van der Waals surface area contributed by atoms with Crippen molar-refractivity contribution in [1.82, 2.24) is 0 Å². The highest BCUT2D eigenvalue weighted by Crippen LogP contribution is 2.49. The van der Waals surface area contributed by atoms with E-state index in [4.69, 9.17) is 4.42 Å². The van der Waals surface area contributed by atoms with Gasteiger partial charge in [0.2, 0.25) is 0 Å². The van der Waals surface area contributed by atoms with Crippen molar-refractivity contribution >= 4 is 107 Å². The Kier molecular flexibility index (Phi) is 6.66. The number of thiophene rings is 1. The van der Waals surface area contributed by atoms with Gasteiger partial charge in [-0.3, -0.25) is 0 Å². The normalized spacial score (nSPS) is 12.1. The van der Waals surface area contributed by atoms with E-state index in [0.717, 1.165) is 27.5 Å². The number of fused-ring (bicyclic) bond motifs is 13. The molecule has 58 heavy (non-hydrogen) atoms. The number of benzene rings is 11. The van der Waals surface area contributed by atoms with Gasteiger partial charge in [-0.2, -0.15) is 0 Å². The molecule has 11 aromatic carbocycles. The van der Waals surface area contributed by atoms with Gasteiger partial charge in [0.05, 0.1) is 4.70 Å². The number of furan rings is 1. The third-order valence-electron chi connectivity index (χ3n) is 12.5. The van der Waals surface area contributed by atoms with E-state index in [1.165, 1.54) is 102 Å². The molecule has 0 radical (unpaired) electrons. The van der Waals surface area contributed by atoms with Crippen LogP contribution < -0.4 is 0 Å². The standard InChI is InChI=1S/C56H32OS/c1-3-15-36-33(12-1)14-11-23-42(36)52-43-19-7-9-21-45(43)53(46-22-10-8-20-44(46)52)47-29-28-37(39-17-5-6-18-40(39)47)35-25-26-41-48-30-31-50-49-27-24-34-13-2-4-16-38(34)55(49)58-56(50)54(48)57-51(41)32-35/h1-32H. The molecule has 0 fully saturated rings. The Hall–Kier alpha value is -7.26. The third kappa shape index (κ3) is 4.46. The van der Waals surface area contributed by atoms with Gasteiger partial charge in [0.1, 0.15) is 5.58 Å². The van der Waals surface area contributed by atoms with Crippen molar-refractivity contribution in [3.63, 3.8) is 0 Å². The molecule has 0 aliphatic rings. The van der Waals surface area contributed by atoms with Crippen LogP contribution in [0.3, 0.4) is 0 Å². The number of rotatable bonds is 3. The van der Waals surface area contributed by atoms with Crippen molar-refractivity contribution in [2.45, 2.75) is 0 Å². The van der Waals surface area contributed by atoms with Gasteiger partial charge >= 0.3 is 0 Å². The first-order valence-corrected chi connectivity index (χ1v) is 20.7. The van der Waals surface area contributed by atoms with Gasteiger partial charge in [0.25, 0.3) is 0 Å². The summed E-state index contributed by atoms with van der Waals surface area (Å²) in [4.78, 5) is 0. The van der Waals surface area contributed by atoms with Crippen LogP contribution >= 0.6 is 11.3 Å². The largest absolute Gasteiger partial charge is 0.455 e. The Bertz CT molecular complexity index is 3800. The van der Waals surface area contributed by atoms with E-state index in [1.54, 1.807) is 0 Å². The van der Waals surface area contributed by atoms with E-state index >= 15 is 0 Å². The van der Waals surface area contributed by atoms with Gasteiger partial charge in [-0.25, -0.2) is 0 Å². The average Bonchev–Trinajstić information content (AvgIpc) is 3.86. The minimum absolute atomic E-state index is 0.913. The zero-order valence-corrected chi connectivity index (χ0v) is 32.1. The monoisotopic (exact) mass is 752 g/mol. The molecule has 0 bridgehead atoms. The van der Waals surface area contributed by atoms with Crippen LogP contribution in [0.4, 0.5) is 0 Å². The summed E-state index contributed by atoms with van der Waals surface area (Å²) < 4.78 is 9.38. The maximum atomic E-state index is 6.86. The molecule has 0 aliphatic carbocycles. The van der Waals surface area contributed by atoms with Crippen molar-refractivity contribution in [1.29, 1.82) is 0 Å². The van der Waals surface area contributed by atoms with Crippen molar-refractivity contribution in [2.75, 3.05) is 0 Å². The molecule has 0 saturated carbocycles. The van der Waals surface area contributed by atoms with Crippen LogP contribution in [0, 0.1) is 0 Å². The summed E-state index contributed by atoms with van der Waals surface area (Å²) in [6.45, 7) is 0. The molecule has 13 rings (SSSR count). The Morgan fingerprint density at radius 2 is 0.776 bits per heavy atom. The highest BCUT2D eigenvalue weighted by molar-refractivity contribution is 7.27. The van der Waals surface area contributed by atoms with Gasteiger partial charge in [-0.15, -0.1) is 11.3 Å². The first kappa shape index (κ1) is 31.9. The van der Waals surface area contributed by atoms with Crippen molar-refractivity contribution in [2.24, 2.45) is 0 Å². The van der Waals surface area contributed by atoms with E-state index in [9.17, 15) is 0 Å². The molecule has 0 amide bonds. The first-order valence-electron chi connectivity index (χ1n) is 19.9. The predicted octanol–water partition coefficient (Wildman–Crippen LogP) is 16.7. The zero-order chi connectivity index (χ0) is 37.9. The fourth-order valence-electron chi connectivity index (χ4n) is 9.88. The fourth-order valence-corrected chi connectivity index (χ4v) is 11.2. The lowest BCUT2D eigenvalue weighted by molar-refractivity contribution is 0.673. The van der Waals surface area contributed by atoms with E-state index in [2.05, 4.69) is 194 Å². The van der Waals surface area contributed by atoms with Crippen LogP contribution in [0.5, 0.6) is 0 Å². The van der Waals surface area contributed by atoms with Crippen LogP contribution in [0.15, 0.2) is 199 Å². The molecule has 0 unspecified atom stereocenters. The molecule has 0 spiro atoms. The smallest absolute Gasteiger partial charge is 0.153 e. The van der Waals surface area contributed by atoms with E-state index < -0.39 is 0 Å². The third-order valence-corrected chi connectivity index (χ3v) is 13.7. The van der Waals surface area contributed by atoms with Crippen LogP contribution in [0.2, 0.25) is 0 Å². The summed E-state index contributed by atoms with van der Waals surface area (Å²) in [5.74, 6) is 0. The second kappa shape index (κ2) is 12.1. The average molecular weight is 753 g/mol. The van der Waals surface area contributed by atoms with Gasteiger partial charge in [-0.05, 0) is 105 Å². The van der Waals surface area contributed by atoms with Crippen LogP contribution in [0.25, 0.3) is 129 Å². The first-order chi connectivity index (χ1) is 28.8. The van der Waals surface area contributed by atoms with Gasteiger partial charge < -0.3 is 4.42 Å². The molecule has 13 aromatic rings. The molecule has 1 nitrogen and oxygen atoms in total. The lowest BCUT2D eigenvalue weighted by Crippen LogP contribution is -1.93. The molecule has 2 aromatic heterocycles.